The zero-order chi connectivity index (χ0) is 14.8. The first-order valence-corrected chi connectivity index (χ1v) is 6.73. The van der Waals surface area contributed by atoms with E-state index in [-0.39, 0.29) is 12.5 Å². The highest BCUT2D eigenvalue weighted by atomic mass is 19.2. The summed E-state index contributed by atoms with van der Waals surface area (Å²) in [5.41, 5.74) is 8.24. The molecular formula is C16H15F2N3. The Bertz CT molecular complexity index is 767. The van der Waals surface area contributed by atoms with Gasteiger partial charge in [-0.05, 0) is 30.2 Å². The van der Waals surface area contributed by atoms with Crippen LogP contribution in [0.3, 0.4) is 0 Å². The fraction of sp³-hybridized carbons (Fsp3) is 0.188. The first-order valence-electron chi connectivity index (χ1n) is 6.73. The quantitative estimate of drug-likeness (QED) is 0.802. The molecule has 0 saturated heterocycles. The lowest BCUT2D eigenvalue weighted by atomic mass is 10.1. The van der Waals surface area contributed by atoms with Crippen LogP contribution < -0.4 is 5.73 Å². The van der Waals surface area contributed by atoms with Crippen molar-refractivity contribution in [2.75, 3.05) is 0 Å². The van der Waals surface area contributed by atoms with Gasteiger partial charge in [-0.1, -0.05) is 24.3 Å². The second-order valence-corrected chi connectivity index (χ2v) is 5.06. The van der Waals surface area contributed by atoms with Crippen molar-refractivity contribution >= 4 is 11.0 Å². The molecule has 108 valence electrons. The molecule has 0 aliphatic heterocycles. The van der Waals surface area contributed by atoms with E-state index in [1.54, 1.807) is 12.4 Å². The smallest absolute Gasteiger partial charge is 0.162 e. The first-order chi connectivity index (χ1) is 10.1. The molecule has 0 fully saturated rings. The lowest BCUT2D eigenvalue weighted by Crippen LogP contribution is -2.28. The number of para-hydroxylation sites is 2. The Hall–Kier alpha value is -2.27. The van der Waals surface area contributed by atoms with Crippen molar-refractivity contribution in [3.05, 3.63) is 66.0 Å². The van der Waals surface area contributed by atoms with Crippen LogP contribution in [-0.4, -0.2) is 15.6 Å². The number of benzene rings is 2. The van der Waals surface area contributed by atoms with Crippen LogP contribution in [0.25, 0.3) is 11.0 Å². The molecule has 2 aromatic carbocycles. The minimum absolute atomic E-state index is 0.274. The molecule has 0 aliphatic carbocycles. The topological polar surface area (TPSA) is 43.8 Å². The van der Waals surface area contributed by atoms with E-state index >= 15 is 0 Å². The van der Waals surface area contributed by atoms with Gasteiger partial charge in [0.05, 0.1) is 17.4 Å². The first kappa shape index (κ1) is 13.7. The number of hydrogen-bond donors (Lipinski definition) is 1. The average Bonchev–Trinajstić information content (AvgIpc) is 2.87. The molecule has 1 unspecified atom stereocenters. The van der Waals surface area contributed by atoms with Gasteiger partial charge in [-0.15, -0.1) is 0 Å². The summed E-state index contributed by atoms with van der Waals surface area (Å²) >= 11 is 0. The van der Waals surface area contributed by atoms with E-state index in [1.807, 2.05) is 28.8 Å². The van der Waals surface area contributed by atoms with Crippen LogP contribution in [-0.2, 0) is 13.0 Å². The van der Waals surface area contributed by atoms with Crippen LogP contribution in [0.2, 0.25) is 0 Å². The summed E-state index contributed by atoms with van der Waals surface area (Å²) in [5, 5.41) is 0. The Morgan fingerprint density at radius 3 is 2.76 bits per heavy atom. The van der Waals surface area contributed by atoms with E-state index in [2.05, 4.69) is 4.98 Å². The third-order valence-electron chi connectivity index (χ3n) is 3.47. The highest BCUT2D eigenvalue weighted by molar-refractivity contribution is 5.74. The molecule has 3 aromatic rings. The van der Waals surface area contributed by atoms with E-state index in [4.69, 9.17) is 5.73 Å². The summed E-state index contributed by atoms with van der Waals surface area (Å²) in [7, 11) is 0. The predicted molar refractivity (Wildman–Crippen MR) is 77.8 cm³/mol. The van der Waals surface area contributed by atoms with Crippen molar-refractivity contribution in [2.24, 2.45) is 5.73 Å². The number of imidazole rings is 1. The monoisotopic (exact) mass is 287 g/mol. The van der Waals surface area contributed by atoms with Crippen molar-refractivity contribution in [1.82, 2.24) is 9.55 Å². The highest BCUT2D eigenvalue weighted by Gasteiger charge is 2.13. The van der Waals surface area contributed by atoms with Crippen molar-refractivity contribution in [2.45, 2.75) is 19.0 Å². The highest BCUT2D eigenvalue weighted by Crippen LogP contribution is 2.15. The van der Waals surface area contributed by atoms with Gasteiger partial charge in [0.15, 0.2) is 11.6 Å². The largest absolute Gasteiger partial charge is 0.329 e. The van der Waals surface area contributed by atoms with Crippen LogP contribution in [0.15, 0.2) is 48.8 Å². The van der Waals surface area contributed by atoms with E-state index in [0.717, 1.165) is 17.1 Å². The maximum absolute atomic E-state index is 13.6. The Labute approximate surface area is 121 Å². The number of nitrogens with two attached hydrogens (primary N) is 1. The standard InChI is InChI=1S/C16H15F2N3/c17-13-5-3-4-11(16(13)18)8-12(19)9-21-10-20-14-6-1-2-7-15(14)21/h1-7,10,12H,8-9,19H2. The van der Waals surface area contributed by atoms with Gasteiger partial charge in [-0.25, -0.2) is 13.8 Å². The van der Waals surface area contributed by atoms with E-state index in [1.165, 1.54) is 6.07 Å². The molecule has 0 amide bonds. The van der Waals surface area contributed by atoms with Crippen LogP contribution >= 0.6 is 0 Å². The molecule has 2 N–H and O–H groups in total. The molecule has 1 aromatic heterocycles. The summed E-state index contributed by atoms with van der Waals surface area (Å²) in [6.07, 6.45) is 1.99. The molecule has 3 nitrogen and oxygen atoms in total. The molecule has 0 spiro atoms. The normalized spacial score (nSPS) is 12.7. The number of halogens is 2. The van der Waals surface area contributed by atoms with Crippen molar-refractivity contribution < 1.29 is 8.78 Å². The average molecular weight is 287 g/mol. The van der Waals surface area contributed by atoms with Gasteiger partial charge in [-0.3, -0.25) is 0 Å². The second-order valence-electron chi connectivity index (χ2n) is 5.06. The Kier molecular flexibility index (Phi) is 3.66. The van der Waals surface area contributed by atoms with Gasteiger partial charge in [0.1, 0.15) is 0 Å². The second kappa shape index (κ2) is 5.61. The maximum atomic E-state index is 13.6. The summed E-state index contributed by atoms with van der Waals surface area (Å²) in [5.74, 6) is -1.66. The van der Waals surface area contributed by atoms with Gasteiger partial charge in [-0.2, -0.15) is 0 Å². The van der Waals surface area contributed by atoms with Gasteiger partial charge in [0.25, 0.3) is 0 Å². The fourth-order valence-corrected chi connectivity index (χ4v) is 2.46. The molecule has 0 radical (unpaired) electrons. The van der Waals surface area contributed by atoms with Gasteiger partial charge in [0.2, 0.25) is 0 Å². The van der Waals surface area contributed by atoms with Crippen LogP contribution in [0.4, 0.5) is 8.78 Å². The number of hydrogen-bond acceptors (Lipinski definition) is 2. The van der Waals surface area contributed by atoms with Crippen molar-refractivity contribution in [1.29, 1.82) is 0 Å². The predicted octanol–water partition coefficient (Wildman–Crippen LogP) is 2.88. The SMILES string of the molecule is NC(Cc1cccc(F)c1F)Cn1cnc2ccccc21. The Balaban J connectivity index is 1.77. The molecule has 0 saturated carbocycles. The number of nitrogens with zero attached hydrogens (tertiary/aromatic N) is 2. The van der Waals surface area contributed by atoms with Crippen LogP contribution in [0.5, 0.6) is 0 Å². The van der Waals surface area contributed by atoms with E-state index in [0.29, 0.717) is 12.1 Å². The molecule has 3 rings (SSSR count). The Morgan fingerprint density at radius 1 is 1.10 bits per heavy atom. The number of fused-ring (bicyclic) bond motifs is 1. The number of aromatic nitrogens is 2. The summed E-state index contributed by atoms with van der Waals surface area (Å²) in [6, 6.07) is 11.6. The van der Waals surface area contributed by atoms with Crippen molar-refractivity contribution in [3.63, 3.8) is 0 Å². The third kappa shape index (κ3) is 2.78. The molecule has 5 heteroatoms. The molecule has 21 heavy (non-hydrogen) atoms. The van der Waals surface area contributed by atoms with Gasteiger partial charge >= 0.3 is 0 Å². The maximum Gasteiger partial charge on any atom is 0.162 e. The van der Waals surface area contributed by atoms with Crippen LogP contribution in [0, 0.1) is 11.6 Å². The van der Waals surface area contributed by atoms with Crippen molar-refractivity contribution in [3.8, 4) is 0 Å². The van der Waals surface area contributed by atoms with Gasteiger partial charge < -0.3 is 10.3 Å². The van der Waals surface area contributed by atoms with Crippen LogP contribution in [0.1, 0.15) is 5.56 Å². The molecule has 0 aliphatic rings. The zero-order valence-electron chi connectivity index (χ0n) is 11.3. The zero-order valence-corrected chi connectivity index (χ0v) is 11.3. The summed E-state index contributed by atoms with van der Waals surface area (Å²) < 4.78 is 28.8. The van der Waals surface area contributed by atoms with Gasteiger partial charge in [0, 0.05) is 12.6 Å². The fourth-order valence-electron chi connectivity index (χ4n) is 2.46. The Morgan fingerprint density at radius 2 is 1.90 bits per heavy atom. The number of rotatable bonds is 4. The third-order valence-corrected chi connectivity index (χ3v) is 3.47. The summed E-state index contributed by atoms with van der Waals surface area (Å²) in [6.45, 7) is 0.496. The molecular weight excluding hydrogens is 272 g/mol. The molecule has 1 atom stereocenters. The molecule has 0 bridgehead atoms. The lowest BCUT2D eigenvalue weighted by Gasteiger charge is -2.14. The minimum atomic E-state index is -0.840. The minimum Gasteiger partial charge on any atom is -0.329 e. The van der Waals surface area contributed by atoms with E-state index in [9.17, 15) is 8.78 Å². The lowest BCUT2D eigenvalue weighted by molar-refractivity contribution is 0.484. The molecule has 1 heterocycles. The van der Waals surface area contributed by atoms with E-state index < -0.39 is 11.6 Å². The summed E-state index contributed by atoms with van der Waals surface area (Å²) in [4.78, 5) is 4.28.